The molecule has 0 atom stereocenters. The lowest BCUT2D eigenvalue weighted by Crippen LogP contribution is -2.30. The number of fused-ring (bicyclic) bond motifs is 1. The van der Waals surface area contributed by atoms with Crippen molar-refractivity contribution in [3.05, 3.63) is 34.5 Å². The second-order valence-corrected chi connectivity index (χ2v) is 4.21. The van der Waals surface area contributed by atoms with Gasteiger partial charge in [0, 0.05) is 25.6 Å². The van der Waals surface area contributed by atoms with Crippen molar-refractivity contribution in [2.75, 3.05) is 13.2 Å². The first-order valence-electron chi connectivity index (χ1n) is 6.44. The molecule has 19 heavy (non-hydrogen) atoms. The predicted molar refractivity (Wildman–Crippen MR) is 71.2 cm³/mol. The van der Waals surface area contributed by atoms with Gasteiger partial charge < -0.3 is 14.0 Å². The first-order chi connectivity index (χ1) is 9.15. The second-order valence-electron chi connectivity index (χ2n) is 4.21. The van der Waals surface area contributed by atoms with Gasteiger partial charge in [0.2, 0.25) is 0 Å². The maximum atomic E-state index is 12.3. The van der Waals surface area contributed by atoms with E-state index in [1.165, 1.54) is 0 Å². The third-order valence-electron chi connectivity index (χ3n) is 2.78. The summed E-state index contributed by atoms with van der Waals surface area (Å²) in [6.07, 6.45) is 3.06. The molecule has 2 rings (SSSR count). The van der Waals surface area contributed by atoms with Gasteiger partial charge in [-0.2, -0.15) is 5.10 Å². The lowest BCUT2D eigenvalue weighted by Gasteiger charge is -2.17. The zero-order valence-electron chi connectivity index (χ0n) is 11.5. The Labute approximate surface area is 111 Å². The van der Waals surface area contributed by atoms with Crippen LogP contribution in [0.4, 0.5) is 0 Å². The van der Waals surface area contributed by atoms with Crippen LogP contribution in [0.25, 0.3) is 5.52 Å². The van der Waals surface area contributed by atoms with Gasteiger partial charge in [-0.15, -0.1) is 0 Å². The molecular weight excluding hydrogens is 246 g/mol. The van der Waals surface area contributed by atoms with E-state index in [-0.39, 0.29) is 5.56 Å². The zero-order chi connectivity index (χ0) is 13.8. The minimum Gasteiger partial charge on any atom is -0.351 e. The van der Waals surface area contributed by atoms with Crippen molar-refractivity contribution in [2.24, 2.45) is 0 Å². The van der Waals surface area contributed by atoms with E-state index < -0.39 is 6.29 Å². The molecule has 0 aliphatic rings. The van der Waals surface area contributed by atoms with E-state index in [1.807, 2.05) is 20.8 Å². The lowest BCUT2D eigenvalue weighted by molar-refractivity contribution is -0.143. The molecule has 2 aromatic heterocycles. The van der Waals surface area contributed by atoms with E-state index in [9.17, 15) is 4.79 Å². The minimum atomic E-state index is -0.404. The van der Waals surface area contributed by atoms with Crippen LogP contribution in [0.1, 0.15) is 19.5 Å². The smallest absolute Gasteiger partial charge is 0.276 e. The average Bonchev–Trinajstić information content (AvgIpc) is 2.75. The van der Waals surface area contributed by atoms with Gasteiger partial charge in [-0.25, -0.2) is 4.52 Å². The molecular formula is C13H19N3O3. The fourth-order valence-corrected chi connectivity index (χ4v) is 1.98. The summed E-state index contributed by atoms with van der Waals surface area (Å²) in [6, 6.07) is 1.77. The van der Waals surface area contributed by atoms with E-state index in [4.69, 9.17) is 9.47 Å². The molecule has 0 saturated heterocycles. The van der Waals surface area contributed by atoms with Crippen LogP contribution in [0.2, 0.25) is 0 Å². The molecule has 0 fully saturated rings. The van der Waals surface area contributed by atoms with Gasteiger partial charge in [0.05, 0.1) is 12.2 Å². The molecule has 6 heteroatoms. The summed E-state index contributed by atoms with van der Waals surface area (Å²) in [5.74, 6) is 0. The van der Waals surface area contributed by atoms with Crippen LogP contribution in [-0.4, -0.2) is 33.7 Å². The highest BCUT2D eigenvalue weighted by molar-refractivity contribution is 5.44. The molecule has 0 amide bonds. The third kappa shape index (κ3) is 3.02. The maximum Gasteiger partial charge on any atom is 0.276 e. The van der Waals surface area contributed by atoms with E-state index >= 15 is 0 Å². The number of hydrogen-bond donors (Lipinski definition) is 0. The average molecular weight is 265 g/mol. The summed E-state index contributed by atoms with van der Waals surface area (Å²) in [4.78, 5) is 12.3. The monoisotopic (exact) mass is 265 g/mol. The molecule has 2 aromatic rings. The first-order valence-corrected chi connectivity index (χ1v) is 6.44. The predicted octanol–water partition coefficient (Wildman–Crippen LogP) is 1.20. The zero-order valence-corrected chi connectivity index (χ0v) is 11.5. The standard InChI is InChI=1S/C13H19N3O3/c1-4-18-12(19-5-2)9-15-6-7-16-11(13(15)17)8-10(3)14-16/h6-8,12H,4-5,9H2,1-3H3. The van der Waals surface area contributed by atoms with Crippen molar-refractivity contribution in [1.82, 2.24) is 14.2 Å². The highest BCUT2D eigenvalue weighted by atomic mass is 16.7. The molecule has 0 aliphatic heterocycles. The Morgan fingerprint density at radius 3 is 2.58 bits per heavy atom. The molecule has 0 radical (unpaired) electrons. The Bertz CT molecular complexity index is 597. The summed E-state index contributed by atoms with van der Waals surface area (Å²) in [5, 5.41) is 4.21. The molecule has 104 valence electrons. The van der Waals surface area contributed by atoms with Gasteiger partial charge in [-0.3, -0.25) is 4.79 Å². The van der Waals surface area contributed by atoms with Crippen molar-refractivity contribution < 1.29 is 9.47 Å². The SMILES string of the molecule is CCOC(Cn1ccn2nc(C)cc2c1=O)OCC. The summed E-state index contributed by atoms with van der Waals surface area (Å²) in [6.45, 7) is 7.14. The molecule has 0 unspecified atom stereocenters. The Morgan fingerprint density at radius 2 is 1.95 bits per heavy atom. The van der Waals surface area contributed by atoms with E-state index in [0.717, 1.165) is 5.69 Å². The largest absolute Gasteiger partial charge is 0.351 e. The van der Waals surface area contributed by atoms with Crippen molar-refractivity contribution >= 4 is 5.52 Å². The number of aromatic nitrogens is 3. The van der Waals surface area contributed by atoms with E-state index in [1.54, 1.807) is 27.5 Å². The summed E-state index contributed by atoms with van der Waals surface area (Å²) < 4.78 is 14.1. The molecule has 0 bridgehead atoms. The van der Waals surface area contributed by atoms with E-state index in [2.05, 4.69) is 5.10 Å². The molecule has 0 aromatic carbocycles. The lowest BCUT2D eigenvalue weighted by atomic mass is 10.4. The molecule has 0 spiro atoms. The van der Waals surface area contributed by atoms with Crippen LogP contribution in [0, 0.1) is 6.92 Å². The molecule has 0 saturated carbocycles. The summed E-state index contributed by atoms with van der Waals surface area (Å²) >= 11 is 0. The van der Waals surface area contributed by atoms with Crippen LogP contribution < -0.4 is 5.56 Å². The second kappa shape index (κ2) is 5.99. The topological polar surface area (TPSA) is 57.8 Å². The number of rotatable bonds is 6. The first kappa shape index (κ1) is 13.8. The number of nitrogens with zero attached hydrogens (tertiary/aromatic N) is 3. The summed E-state index contributed by atoms with van der Waals surface area (Å²) in [7, 11) is 0. The quantitative estimate of drug-likeness (QED) is 0.736. The Kier molecular flexibility index (Phi) is 4.34. The minimum absolute atomic E-state index is 0.0903. The Balaban J connectivity index is 2.29. The van der Waals surface area contributed by atoms with Gasteiger partial charge in [-0.05, 0) is 26.8 Å². The number of ether oxygens (including phenoxy) is 2. The normalized spacial score (nSPS) is 11.6. The van der Waals surface area contributed by atoms with Gasteiger partial charge >= 0.3 is 0 Å². The van der Waals surface area contributed by atoms with Crippen LogP contribution >= 0.6 is 0 Å². The Hall–Kier alpha value is -1.66. The van der Waals surface area contributed by atoms with Crippen molar-refractivity contribution in [3.63, 3.8) is 0 Å². The van der Waals surface area contributed by atoms with Crippen molar-refractivity contribution in [2.45, 2.75) is 33.6 Å². The molecule has 6 nitrogen and oxygen atoms in total. The van der Waals surface area contributed by atoms with Gasteiger partial charge in [-0.1, -0.05) is 0 Å². The fraction of sp³-hybridized carbons (Fsp3) is 0.538. The van der Waals surface area contributed by atoms with Crippen LogP contribution in [0.3, 0.4) is 0 Å². The van der Waals surface area contributed by atoms with Crippen LogP contribution in [-0.2, 0) is 16.0 Å². The van der Waals surface area contributed by atoms with Crippen molar-refractivity contribution in [1.29, 1.82) is 0 Å². The highest BCUT2D eigenvalue weighted by Crippen LogP contribution is 2.02. The summed E-state index contributed by atoms with van der Waals surface area (Å²) in [5.41, 5.74) is 1.29. The molecule has 2 heterocycles. The highest BCUT2D eigenvalue weighted by Gasteiger charge is 2.12. The fourth-order valence-electron chi connectivity index (χ4n) is 1.98. The third-order valence-corrected chi connectivity index (χ3v) is 2.78. The van der Waals surface area contributed by atoms with Crippen LogP contribution in [0.15, 0.2) is 23.3 Å². The number of hydrogen-bond acceptors (Lipinski definition) is 4. The van der Waals surface area contributed by atoms with E-state index in [0.29, 0.717) is 25.3 Å². The van der Waals surface area contributed by atoms with Crippen molar-refractivity contribution in [3.8, 4) is 0 Å². The maximum absolute atomic E-state index is 12.3. The van der Waals surface area contributed by atoms with Gasteiger partial charge in [0.1, 0.15) is 5.52 Å². The number of aryl methyl sites for hydroxylation is 1. The Morgan fingerprint density at radius 1 is 1.26 bits per heavy atom. The van der Waals surface area contributed by atoms with Gasteiger partial charge in [0.25, 0.3) is 5.56 Å². The molecule has 0 aliphatic carbocycles. The van der Waals surface area contributed by atoms with Crippen LogP contribution in [0.5, 0.6) is 0 Å². The van der Waals surface area contributed by atoms with Gasteiger partial charge in [0.15, 0.2) is 6.29 Å². The molecule has 0 N–H and O–H groups in total.